The number of allylic oxidation sites excluding steroid dienone is 2. The summed E-state index contributed by atoms with van der Waals surface area (Å²) in [6, 6.07) is 7.44. The van der Waals surface area contributed by atoms with Gasteiger partial charge in [-0.25, -0.2) is 4.98 Å². The molecule has 0 radical (unpaired) electrons. The maximum absolute atomic E-state index is 4.78. The van der Waals surface area contributed by atoms with Crippen molar-refractivity contribution >= 4 is 16.6 Å². The number of rotatable bonds is 10. The van der Waals surface area contributed by atoms with Crippen molar-refractivity contribution in [2.75, 3.05) is 18.4 Å². The molecule has 0 atom stereocenters. The summed E-state index contributed by atoms with van der Waals surface area (Å²) >= 11 is 0. The molecule has 1 saturated carbocycles. The predicted molar refractivity (Wildman–Crippen MR) is 149 cm³/mol. The number of pyridine rings is 1. The number of nitrogens with zero attached hydrogens (tertiary/aromatic N) is 4. The quantitative estimate of drug-likeness (QED) is 0.335. The Hall–Kier alpha value is -2.66. The van der Waals surface area contributed by atoms with Crippen molar-refractivity contribution in [3.05, 3.63) is 54.1 Å². The van der Waals surface area contributed by atoms with Crippen LogP contribution in [0.3, 0.4) is 0 Å². The van der Waals surface area contributed by atoms with Crippen molar-refractivity contribution in [3.8, 4) is 11.1 Å². The smallest absolute Gasteiger partial charge is 0.130 e. The third-order valence-electron chi connectivity index (χ3n) is 7.63. The SMILES string of the molecule is CC=C(Nc1cc2cc(-c3cnn(C)c3)cc(C)c2cn1)C1CCC(N(CCC)CCCC)CC1. The van der Waals surface area contributed by atoms with Crippen LogP contribution in [0.15, 0.2) is 48.6 Å². The van der Waals surface area contributed by atoms with Crippen LogP contribution in [-0.4, -0.2) is 38.8 Å². The van der Waals surface area contributed by atoms with E-state index in [1.54, 1.807) is 0 Å². The Balaban J connectivity index is 1.46. The molecule has 4 rings (SSSR count). The molecule has 1 N–H and O–H groups in total. The van der Waals surface area contributed by atoms with Gasteiger partial charge in [0.15, 0.2) is 0 Å². The van der Waals surface area contributed by atoms with Gasteiger partial charge in [-0.2, -0.15) is 5.10 Å². The molecule has 0 unspecified atom stereocenters. The third-order valence-corrected chi connectivity index (χ3v) is 7.63. The van der Waals surface area contributed by atoms with E-state index < -0.39 is 0 Å². The first kappa shape index (κ1) is 25.4. The molecule has 35 heavy (non-hydrogen) atoms. The molecule has 0 saturated heterocycles. The highest BCUT2D eigenvalue weighted by atomic mass is 15.2. The number of benzene rings is 1. The molecule has 2 aromatic heterocycles. The molecule has 188 valence electrons. The second kappa shape index (κ2) is 11.9. The molecular weight excluding hydrogens is 430 g/mol. The fourth-order valence-corrected chi connectivity index (χ4v) is 5.68. The molecule has 2 heterocycles. The van der Waals surface area contributed by atoms with E-state index in [2.05, 4.69) is 73.5 Å². The van der Waals surface area contributed by atoms with Crippen LogP contribution in [0, 0.1) is 12.8 Å². The number of nitrogens with one attached hydrogen (secondary N) is 1. The summed E-state index contributed by atoms with van der Waals surface area (Å²) in [6.45, 7) is 11.4. The molecule has 1 fully saturated rings. The number of aryl methyl sites for hydroxylation is 2. The van der Waals surface area contributed by atoms with Gasteiger partial charge in [-0.1, -0.05) is 32.4 Å². The van der Waals surface area contributed by atoms with Crippen LogP contribution in [0.1, 0.15) is 71.3 Å². The molecule has 5 heteroatoms. The van der Waals surface area contributed by atoms with E-state index in [0.717, 1.165) is 17.4 Å². The first-order valence-corrected chi connectivity index (χ1v) is 13.6. The minimum atomic E-state index is 0.590. The molecule has 5 nitrogen and oxygen atoms in total. The lowest BCUT2D eigenvalue weighted by atomic mass is 9.83. The van der Waals surface area contributed by atoms with E-state index in [9.17, 15) is 0 Å². The Bertz CT molecular complexity index is 1140. The zero-order chi connectivity index (χ0) is 24.8. The summed E-state index contributed by atoms with van der Waals surface area (Å²) in [6.07, 6.45) is 17.2. The molecule has 1 aromatic carbocycles. The molecule has 0 amide bonds. The fourth-order valence-electron chi connectivity index (χ4n) is 5.68. The van der Waals surface area contributed by atoms with Crippen molar-refractivity contribution < 1.29 is 0 Å². The number of hydrogen-bond acceptors (Lipinski definition) is 4. The second-order valence-corrected chi connectivity index (χ2v) is 10.3. The zero-order valence-corrected chi connectivity index (χ0v) is 22.3. The molecule has 1 aliphatic rings. The maximum Gasteiger partial charge on any atom is 0.130 e. The molecule has 0 spiro atoms. The minimum absolute atomic E-state index is 0.590. The average molecular weight is 474 g/mol. The summed E-state index contributed by atoms with van der Waals surface area (Å²) in [4.78, 5) is 7.54. The second-order valence-electron chi connectivity index (χ2n) is 10.3. The first-order valence-electron chi connectivity index (χ1n) is 13.6. The highest BCUT2D eigenvalue weighted by Gasteiger charge is 2.27. The minimum Gasteiger partial charge on any atom is -0.344 e. The van der Waals surface area contributed by atoms with Crippen LogP contribution in [-0.2, 0) is 7.05 Å². The van der Waals surface area contributed by atoms with E-state index in [4.69, 9.17) is 4.98 Å². The third kappa shape index (κ3) is 6.13. The van der Waals surface area contributed by atoms with E-state index >= 15 is 0 Å². The van der Waals surface area contributed by atoms with Crippen LogP contribution in [0.5, 0.6) is 0 Å². The molecule has 3 aromatic rings. The van der Waals surface area contributed by atoms with Crippen molar-refractivity contribution in [2.45, 2.75) is 78.7 Å². The number of aromatic nitrogens is 3. The molecule has 0 aliphatic heterocycles. The Morgan fingerprint density at radius 3 is 2.51 bits per heavy atom. The first-order chi connectivity index (χ1) is 17.0. The van der Waals surface area contributed by atoms with Crippen molar-refractivity contribution in [1.82, 2.24) is 19.7 Å². The normalized spacial score (nSPS) is 19.0. The van der Waals surface area contributed by atoms with Crippen molar-refractivity contribution in [3.63, 3.8) is 0 Å². The zero-order valence-electron chi connectivity index (χ0n) is 22.3. The van der Waals surface area contributed by atoms with Gasteiger partial charge < -0.3 is 10.2 Å². The predicted octanol–water partition coefficient (Wildman–Crippen LogP) is 7.33. The van der Waals surface area contributed by atoms with Gasteiger partial charge in [0.05, 0.1) is 6.20 Å². The number of anilines is 1. The van der Waals surface area contributed by atoms with E-state index in [0.29, 0.717) is 5.92 Å². The van der Waals surface area contributed by atoms with Crippen LogP contribution in [0.25, 0.3) is 21.9 Å². The van der Waals surface area contributed by atoms with Gasteiger partial charge in [-0.3, -0.25) is 4.68 Å². The van der Waals surface area contributed by atoms with Crippen LogP contribution in [0.4, 0.5) is 5.82 Å². The van der Waals surface area contributed by atoms with Gasteiger partial charge in [0.25, 0.3) is 0 Å². The van der Waals surface area contributed by atoms with E-state index in [1.165, 1.54) is 85.6 Å². The Morgan fingerprint density at radius 2 is 1.86 bits per heavy atom. The van der Waals surface area contributed by atoms with Crippen molar-refractivity contribution in [1.29, 1.82) is 0 Å². The van der Waals surface area contributed by atoms with Crippen molar-refractivity contribution in [2.24, 2.45) is 13.0 Å². The lowest BCUT2D eigenvalue weighted by molar-refractivity contribution is 0.141. The highest BCUT2D eigenvalue weighted by molar-refractivity contribution is 5.91. The van der Waals surface area contributed by atoms with Crippen LogP contribution in [0.2, 0.25) is 0 Å². The van der Waals surface area contributed by atoms with Crippen LogP contribution < -0.4 is 5.32 Å². The highest BCUT2D eigenvalue weighted by Crippen LogP contribution is 2.34. The summed E-state index contributed by atoms with van der Waals surface area (Å²) in [7, 11) is 1.96. The summed E-state index contributed by atoms with van der Waals surface area (Å²) in [5.41, 5.74) is 4.91. The van der Waals surface area contributed by atoms with Crippen LogP contribution >= 0.6 is 0 Å². The monoisotopic (exact) mass is 473 g/mol. The van der Waals surface area contributed by atoms with Gasteiger partial charge in [0.2, 0.25) is 0 Å². The number of unbranched alkanes of at least 4 members (excludes halogenated alkanes) is 1. The summed E-state index contributed by atoms with van der Waals surface area (Å²) in [5.74, 6) is 1.53. The lowest BCUT2D eigenvalue weighted by Crippen LogP contribution is -2.39. The average Bonchev–Trinajstić information content (AvgIpc) is 3.31. The topological polar surface area (TPSA) is 46.0 Å². The summed E-state index contributed by atoms with van der Waals surface area (Å²) < 4.78 is 1.85. The Labute approximate surface area is 211 Å². The van der Waals surface area contributed by atoms with Gasteiger partial charge in [0.1, 0.15) is 5.82 Å². The van der Waals surface area contributed by atoms with Gasteiger partial charge in [0, 0.05) is 42.1 Å². The molecule has 0 bridgehead atoms. The number of fused-ring (bicyclic) bond motifs is 1. The number of hydrogen-bond donors (Lipinski definition) is 1. The van der Waals surface area contributed by atoms with Gasteiger partial charge >= 0.3 is 0 Å². The molecular formula is C30H43N5. The van der Waals surface area contributed by atoms with Gasteiger partial charge in [-0.15, -0.1) is 0 Å². The van der Waals surface area contributed by atoms with Gasteiger partial charge in [-0.05, 0) is 100 Å². The summed E-state index contributed by atoms with van der Waals surface area (Å²) in [5, 5.41) is 10.5. The Morgan fingerprint density at radius 1 is 1.06 bits per heavy atom. The Kier molecular flexibility index (Phi) is 8.61. The standard InChI is InChI=1S/C30H43N5/c1-6-9-15-35(14-7-2)27-12-10-23(11-13-27)29(8-3)33-30-18-25-17-24(26-19-32-34(5)21-26)16-22(4)28(25)20-31-30/h8,16-21,23,27H,6-7,9-15H2,1-5H3,(H,31,33). The fraction of sp³-hybridized carbons (Fsp3) is 0.533. The molecule has 1 aliphatic carbocycles. The van der Waals surface area contributed by atoms with E-state index in [1.807, 2.05) is 24.1 Å². The lowest BCUT2D eigenvalue weighted by Gasteiger charge is -2.37. The largest absolute Gasteiger partial charge is 0.344 e. The maximum atomic E-state index is 4.78. The van der Waals surface area contributed by atoms with E-state index in [-0.39, 0.29) is 0 Å².